The Bertz CT molecular complexity index is 1150. The summed E-state index contributed by atoms with van der Waals surface area (Å²) in [5, 5.41) is 8.63. The zero-order chi connectivity index (χ0) is 24.0. The fourth-order valence-electron chi connectivity index (χ4n) is 3.57. The van der Waals surface area contributed by atoms with E-state index in [1.54, 1.807) is 41.3 Å². The number of hydrogen-bond donors (Lipinski definition) is 0. The molecule has 0 saturated heterocycles. The van der Waals surface area contributed by atoms with E-state index in [0.717, 1.165) is 11.3 Å². The van der Waals surface area contributed by atoms with Gasteiger partial charge < -0.3 is 19.1 Å². The van der Waals surface area contributed by atoms with E-state index in [9.17, 15) is 14.4 Å². The molecule has 3 rings (SSSR count). The zero-order valence-corrected chi connectivity index (χ0v) is 18.7. The molecule has 8 heteroatoms. The third-order valence-electron chi connectivity index (χ3n) is 5.19. The minimum atomic E-state index is -0.971. The maximum Gasteiger partial charge on any atom is 0.331 e. The van der Waals surface area contributed by atoms with Crippen molar-refractivity contribution in [2.75, 3.05) is 25.2 Å². The van der Waals surface area contributed by atoms with Crippen molar-refractivity contribution >= 4 is 29.4 Å². The molecule has 0 bridgehead atoms. The van der Waals surface area contributed by atoms with Gasteiger partial charge in [-0.1, -0.05) is 6.07 Å². The van der Waals surface area contributed by atoms with Gasteiger partial charge in [-0.3, -0.25) is 9.59 Å². The van der Waals surface area contributed by atoms with Gasteiger partial charge in [0, 0.05) is 30.8 Å². The Balaban J connectivity index is 1.63. The van der Waals surface area contributed by atoms with Crippen LogP contribution in [0.15, 0.2) is 42.5 Å². The average molecular weight is 448 g/mol. The molecule has 2 aromatic rings. The third kappa shape index (κ3) is 5.57. The second-order valence-corrected chi connectivity index (χ2v) is 7.40. The monoisotopic (exact) mass is 448 g/mol. The first kappa shape index (κ1) is 23.5. The fourth-order valence-corrected chi connectivity index (χ4v) is 3.57. The van der Waals surface area contributed by atoms with Gasteiger partial charge in [-0.2, -0.15) is 5.26 Å². The van der Waals surface area contributed by atoms with Crippen LogP contribution in [0.25, 0.3) is 6.08 Å². The van der Waals surface area contributed by atoms with Crippen LogP contribution >= 0.6 is 0 Å². The number of carbonyl (C=O) groups is 3. The molecule has 0 aliphatic carbocycles. The number of Topliss-reactive ketones (excluding diaryl/α,β-unsaturated/α-hetero) is 1. The van der Waals surface area contributed by atoms with E-state index in [-0.39, 0.29) is 18.3 Å². The highest BCUT2D eigenvalue weighted by molar-refractivity contribution is 6.02. The van der Waals surface area contributed by atoms with Crippen LogP contribution in [0.3, 0.4) is 0 Å². The Morgan fingerprint density at radius 2 is 1.97 bits per heavy atom. The normalized spacial score (nSPS) is 13.2. The van der Waals surface area contributed by atoms with Crippen molar-refractivity contribution in [1.29, 1.82) is 5.26 Å². The second kappa shape index (κ2) is 10.5. The molecule has 8 nitrogen and oxygen atoms in total. The van der Waals surface area contributed by atoms with Crippen molar-refractivity contribution in [3.05, 3.63) is 59.2 Å². The van der Waals surface area contributed by atoms with Crippen LogP contribution in [0.2, 0.25) is 0 Å². The van der Waals surface area contributed by atoms with Crippen LogP contribution in [-0.2, 0) is 20.7 Å². The number of benzene rings is 2. The number of nitriles is 1. The Hall–Kier alpha value is -4.12. The molecule has 33 heavy (non-hydrogen) atoms. The van der Waals surface area contributed by atoms with E-state index < -0.39 is 12.1 Å². The smallest absolute Gasteiger partial charge is 0.331 e. The summed E-state index contributed by atoms with van der Waals surface area (Å²) < 4.78 is 15.8. The highest BCUT2D eigenvalue weighted by Crippen LogP contribution is 2.30. The van der Waals surface area contributed by atoms with Gasteiger partial charge in [0.2, 0.25) is 11.7 Å². The highest BCUT2D eigenvalue weighted by atomic mass is 16.5. The van der Waals surface area contributed by atoms with Gasteiger partial charge in [-0.25, -0.2) is 4.79 Å². The molecule has 0 radical (unpaired) electrons. The van der Waals surface area contributed by atoms with E-state index in [4.69, 9.17) is 19.5 Å². The summed E-state index contributed by atoms with van der Waals surface area (Å²) in [6.07, 6.45) is 2.46. The quantitative estimate of drug-likeness (QED) is 0.346. The lowest BCUT2D eigenvalue weighted by Gasteiger charge is -2.15. The van der Waals surface area contributed by atoms with Gasteiger partial charge >= 0.3 is 5.97 Å². The standard InChI is InChI=1S/C25H24N2O6/c1-16(25(30)20-6-7-21-19(15-20)10-12-27(21)17(2)28)33-24(29)9-5-18-4-8-22(32-13-11-26)23(14-18)31-3/h4-9,14-16H,10,12-13H2,1-3H3/b9-5+. The summed E-state index contributed by atoms with van der Waals surface area (Å²) >= 11 is 0. The molecule has 0 aromatic heterocycles. The number of fused-ring (bicyclic) bond motifs is 1. The Morgan fingerprint density at radius 1 is 1.18 bits per heavy atom. The lowest BCUT2D eigenvalue weighted by Crippen LogP contribution is -2.26. The largest absolute Gasteiger partial charge is 0.493 e. The maximum absolute atomic E-state index is 12.7. The van der Waals surface area contributed by atoms with Crippen molar-refractivity contribution in [2.24, 2.45) is 0 Å². The van der Waals surface area contributed by atoms with Gasteiger partial charge in [-0.15, -0.1) is 0 Å². The highest BCUT2D eigenvalue weighted by Gasteiger charge is 2.25. The molecule has 0 fully saturated rings. The predicted molar refractivity (Wildman–Crippen MR) is 121 cm³/mol. The first-order chi connectivity index (χ1) is 15.8. The molecule has 0 saturated carbocycles. The summed E-state index contributed by atoms with van der Waals surface area (Å²) in [6, 6.07) is 12.0. The van der Waals surface area contributed by atoms with E-state index in [1.165, 1.54) is 33.1 Å². The number of carbonyl (C=O) groups excluding carboxylic acids is 3. The molecule has 0 spiro atoms. The lowest BCUT2D eigenvalue weighted by atomic mass is 10.0. The first-order valence-corrected chi connectivity index (χ1v) is 10.4. The van der Waals surface area contributed by atoms with Gasteiger partial charge in [0.05, 0.1) is 7.11 Å². The minimum Gasteiger partial charge on any atom is -0.493 e. The number of ether oxygens (including phenoxy) is 3. The van der Waals surface area contributed by atoms with Crippen molar-refractivity contribution in [1.82, 2.24) is 0 Å². The molecular formula is C25H24N2O6. The van der Waals surface area contributed by atoms with Gasteiger partial charge in [0.1, 0.15) is 6.07 Å². The number of anilines is 1. The lowest BCUT2D eigenvalue weighted by molar-refractivity contribution is -0.140. The minimum absolute atomic E-state index is 0.0381. The summed E-state index contributed by atoms with van der Waals surface area (Å²) in [4.78, 5) is 38.3. The summed E-state index contributed by atoms with van der Waals surface area (Å²) in [5.74, 6) is -0.183. The number of amides is 1. The summed E-state index contributed by atoms with van der Waals surface area (Å²) in [5.41, 5.74) is 2.82. The van der Waals surface area contributed by atoms with Crippen molar-refractivity contribution < 1.29 is 28.6 Å². The van der Waals surface area contributed by atoms with E-state index in [2.05, 4.69) is 0 Å². The molecule has 1 atom stereocenters. The Labute approximate surface area is 192 Å². The average Bonchev–Trinajstić information content (AvgIpc) is 3.24. The maximum atomic E-state index is 12.7. The fraction of sp³-hybridized carbons (Fsp3) is 0.280. The van der Waals surface area contributed by atoms with E-state index in [1.807, 2.05) is 6.07 Å². The molecule has 170 valence electrons. The van der Waals surface area contributed by atoms with Crippen molar-refractivity contribution in [3.63, 3.8) is 0 Å². The molecule has 2 aromatic carbocycles. The predicted octanol–water partition coefficient (Wildman–Crippen LogP) is 3.33. The van der Waals surface area contributed by atoms with Gasteiger partial charge in [0.15, 0.2) is 24.2 Å². The van der Waals surface area contributed by atoms with Crippen LogP contribution in [0, 0.1) is 11.3 Å². The number of nitrogens with zero attached hydrogens (tertiary/aromatic N) is 2. The molecule has 1 unspecified atom stereocenters. The van der Waals surface area contributed by atoms with Crippen molar-refractivity contribution in [2.45, 2.75) is 26.4 Å². The Kier molecular flexibility index (Phi) is 7.46. The first-order valence-electron chi connectivity index (χ1n) is 10.4. The number of ketones is 1. The molecule has 1 aliphatic rings. The van der Waals surface area contributed by atoms with Gasteiger partial charge in [-0.05, 0) is 60.9 Å². The molecule has 0 N–H and O–H groups in total. The number of methoxy groups -OCH3 is 1. The van der Waals surface area contributed by atoms with E-state index in [0.29, 0.717) is 35.6 Å². The van der Waals surface area contributed by atoms with Crippen molar-refractivity contribution in [3.8, 4) is 17.6 Å². The van der Waals surface area contributed by atoms with Crippen LogP contribution in [0.4, 0.5) is 5.69 Å². The van der Waals surface area contributed by atoms with E-state index >= 15 is 0 Å². The number of rotatable bonds is 8. The molecule has 1 aliphatic heterocycles. The van der Waals surface area contributed by atoms with Crippen LogP contribution in [-0.4, -0.2) is 44.0 Å². The van der Waals surface area contributed by atoms with Gasteiger partial charge in [0.25, 0.3) is 0 Å². The van der Waals surface area contributed by atoms with Crippen LogP contribution < -0.4 is 14.4 Å². The second-order valence-electron chi connectivity index (χ2n) is 7.40. The SMILES string of the molecule is COc1cc(/C=C/C(=O)OC(C)C(=O)c2ccc3c(c2)CCN3C(C)=O)ccc1OCC#N. The number of esters is 1. The van der Waals surface area contributed by atoms with Crippen LogP contribution in [0.1, 0.15) is 35.3 Å². The third-order valence-corrected chi connectivity index (χ3v) is 5.19. The topological polar surface area (TPSA) is 106 Å². The molecular weight excluding hydrogens is 424 g/mol. The molecule has 1 amide bonds. The summed E-state index contributed by atoms with van der Waals surface area (Å²) in [7, 11) is 1.47. The number of hydrogen-bond acceptors (Lipinski definition) is 7. The zero-order valence-electron chi connectivity index (χ0n) is 18.7. The Morgan fingerprint density at radius 3 is 2.67 bits per heavy atom. The summed E-state index contributed by atoms with van der Waals surface area (Å²) in [6.45, 7) is 3.51. The van der Waals surface area contributed by atoms with Crippen LogP contribution in [0.5, 0.6) is 11.5 Å². The molecule has 1 heterocycles.